The van der Waals surface area contributed by atoms with Gasteiger partial charge in [0.2, 0.25) is 0 Å². The summed E-state index contributed by atoms with van der Waals surface area (Å²) in [6.45, 7) is 0. The van der Waals surface area contributed by atoms with Gasteiger partial charge in [-0.05, 0) is 28.8 Å². The molecule has 2 nitrogen and oxygen atoms in total. The van der Waals surface area contributed by atoms with Crippen LogP contribution in [-0.4, -0.2) is 9.97 Å². The first-order valence-electron chi connectivity index (χ1n) is 7.92. The Kier molecular flexibility index (Phi) is 3.86. The molecule has 2 aromatic carbocycles. The Labute approximate surface area is 141 Å². The lowest BCUT2D eigenvalue weighted by atomic mass is 9.96. The van der Waals surface area contributed by atoms with Crippen molar-refractivity contribution in [3.8, 4) is 33.4 Å². The first-order valence-corrected chi connectivity index (χ1v) is 7.92. The highest BCUT2D eigenvalue weighted by atomic mass is 14.6. The van der Waals surface area contributed by atoms with Crippen LogP contribution in [0.3, 0.4) is 0 Å². The maximum Gasteiger partial charge on any atom is 0.0353 e. The lowest BCUT2D eigenvalue weighted by molar-refractivity contribution is 1.30. The fourth-order valence-corrected chi connectivity index (χ4v) is 2.87. The molecule has 0 N–H and O–H groups in total. The number of aromatic nitrogens is 2. The number of pyridine rings is 2. The van der Waals surface area contributed by atoms with Crippen molar-refractivity contribution < 1.29 is 0 Å². The summed E-state index contributed by atoms with van der Waals surface area (Å²) in [5, 5.41) is 0. The van der Waals surface area contributed by atoms with E-state index in [9.17, 15) is 0 Å². The predicted octanol–water partition coefficient (Wildman–Crippen LogP) is 5.48. The van der Waals surface area contributed by atoms with Crippen molar-refractivity contribution in [2.45, 2.75) is 0 Å². The van der Waals surface area contributed by atoms with Crippen molar-refractivity contribution in [3.63, 3.8) is 0 Å². The Morgan fingerprint density at radius 3 is 1.88 bits per heavy atom. The summed E-state index contributed by atoms with van der Waals surface area (Å²) < 4.78 is 0. The molecule has 0 spiro atoms. The van der Waals surface area contributed by atoms with Crippen molar-refractivity contribution in [1.82, 2.24) is 9.97 Å². The third kappa shape index (κ3) is 2.82. The van der Waals surface area contributed by atoms with Crippen molar-refractivity contribution in [2.75, 3.05) is 0 Å². The molecule has 0 saturated carbocycles. The summed E-state index contributed by atoms with van der Waals surface area (Å²) >= 11 is 0. The van der Waals surface area contributed by atoms with Gasteiger partial charge < -0.3 is 0 Å². The second kappa shape index (κ2) is 6.47. The highest BCUT2D eigenvalue weighted by molar-refractivity contribution is 5.84. The molecule has 0 fully saturated rings. The maximum atomic E-state index is 4.44. The molecular formula is C22H16N2. The fraction of sp³-hybridized carbons (Fsp3) is 0. The highest BCUT2D eigenvalue weighted by Gasteiger charge is 2.09. The molecule has 24 heavy (non-hydrogen) atoms. The van der Waals surface area contributed by atoms with Gasteiger partial charge in [-0.25, -0.2) is 0 Å². The molecule has 0 saturated heterocycles. The normalized spacial score (nSPS) is 10.5. The molecule has 2 heterocycles. The average Bonchev–Trinajstić information content (AvgIpc) is 2.69. The Bertz CT molecular complexity index is 948. The van der Waals surface area contributed by atoms with E-state index in [0.717, 1.165) is 27.8 Å². The van der Waals surface area contributed by atoms with Gasteiger partial charge in [-0.1, -0.05) is 60.7 Å². The van der Waals surface area contributed by atoms with E-state index in [1.807, 2.05) is 49.1 Å². The molecule has 0 bridgehead atoms. The molecule has 2 heteroatoms. The Hall–Kier alpha value is -3.26. The fourth-order valence-electron chi connectivity index (χ4n) is 2.87. The van der Waals surface area contributed by atoms with Crippen LogP contribution in [-0.2, 0) is 0 Å². The molecule has 0 atom stereocenters. The summed E-state index contributed by atoms with van der Waals surface area (Å²) in [7, 11) is 0. The lowest BCUT2D eigenvalue weighted by Crippen LogP contribution is -1.89. The average molecular weight is 308 g/mol. The first-order chi connectivity index (χ1) is 11.9. The largest absolute Gasteiger partial charge is 0.264 e. The minimum Gasteiger partial charge on any atom is -0.264 e. The summed E-state index contributed by atoms with van der Waals surface area (Å²) in [5.41, 5.74) is 6.78. The van der Waals surface area contributed by atoms with Gasteiger partial charge in [-0.2, -0.15) is 0 Å². The van der Waals surface area contributed by atoms with E-state index >= 15 is 0 Å². The smallest absolute Gasteiger partial charge is 0.0353 e. The first kappa shape index (κ1) is 14.3. The summed E-state index contributed by atoms with van der Waals surface area (Å²) in [5.74, 6) is 0. The van der Waals surface area contributed by atoms with Crippen LogP contribution in [0.1, 0.15) is 0 Å². The van der Waals surface area contributed by atoms with E-state index in [4.69, 9.17) is 0 Å². The number of hydrogen-bond donors (Lipinski definition) is 0. The summed E-state index contributed by atoms with van der Waals surface area (Å²) in [4.78, 5) is 8.77. The molecular weight excluding hydrogens is 292 g/mol. The molecule has 0 aliphatic rings. The van der Waals surface area contributed by atoms with Crippen LogP contribution >= 0.6 is 0 Å². The zero-order valence-corrected chi connectivity index (χ0v) is 13.1. The van der Waals surface area contributed by atoms with Crippen molar-refractivity contribution in [3.05, 3.63) is 97.6 Å². The molecule has 2 aromatic heterocycles. The maximum absolute atomic E-state index is 4.44. The van der Waals surface area contributed by atoms with Gasteiger partial charge in [-0.15, -0.1) is 0 Å². The molecule has 0 unspecified atom stereocenters. The van der Waals surface area contributed by atoms with Gasteiger partial charge in [0.15, 0.2) is 0 Å². The predicted molar refractivity (Wildman–Crippen MR) is 98.3 cm³/mol. The Morgan fingerprint density at radius 2 is 1.12 bits per heavy atom. The van der Waals surface area contributed by atoms with Crippen LogP contribution in [0.15, 0.2) is 97.6 Å². The lowest BCUT2D eigenvalue weighted by Gasteiger charge is -2.10. The van der Waals surface area contributed by atoms with E-state index < -0.39 is 0 Å². The monoisotopic (exact) mass is 308 g/mol. The standard InChI is InChI=1S/C22H16N2/c1-3-7-17(8-4-1)19-13-20(15-24-14-19)22-16-23-12-11-21(22)18-9-5-2-6-10-18/h1-16H. The quantitative estimate of drug-likeness (QED) is 0.501. The number of rotatable bonds is 3. The SMILES string of the molecule is c1ccc(-c2cncc(-c3cnccc3-c3ccccc3)c2)cc1. The van der Waals surface area contributed by atoms with Gasteiger partial charge >= 0.3 is 0 Å². The van der Waals surface area contributed by atoms with Crippen LogP contribution in [0.5, 0.6) is 0 Å². The van der Waals surface area contributed by atoms with E-state index in [0.29, 0.717) is 0 Å². The molecule has 0 amide bonds. The summed E-state index contributed by atoms with van der Waals surface area (Å²) in [6.07, 6.45) is 7.54. The van der Waals surface area contributed by atoms with Gasteiger partial charge in [0.05, 0.1) is 0 Å². The van der Waals surface area contributed by atoms with Crippen LogP contribution in [0.2, 0.25) is 0 Å². The minimum atomic E-state index is 1.07. The van der Waals surface area contributed by atoms with Crippen LogP contribution < -0.4 is 0 Å². The second-order valence-corrected chi connectivity index (χ2v) is 5.62. The number of benzene rings is 2. The molecule has 0 radical (unpaired) electrons. The summed E-state index contributed by atoms with van der Waals surface area (Å²) in [6, 6.07) is 24.9. The van der Waals surface area contributed by atoms with Gasteiger partial charge in [0.25, 0.3) is 0 Å². The van der Waals surface area contributed by atoms with E-state index in [1.54, 1.807) is 0 Å². The van der Waals surface area contributed by atoms with Crippen molar-refractivity contribution >= 4 is 0 Å². The Morgan fingerprint density at radius 1 is 0.458 bits per heavy atom. The molecule has 4 rings (SSSR count). The minimum absolute atomic E-state index is 1.07. The number of hydrogen-bond acceptors (Lipinski definition) is 2. The van der Waals surface area contributed by atoms with Gasteiger partial charge in [0, 0.05) is 41.5 Å². The molecule has 4 aromatic rings. The van der Waals surface area contributed by atoms with Crippen molar-refractivity contribution in [2.24, 2.45) is 0 Å². The molecule has 0 aliphatic heterocycles. The highest BCUT2D eigenvalue weighted by Crippen LogP contribution is 2.32. The Balaban J connectivity index is 1.84. The van der Waals surface area contributed by atoms with Crippen molar-refractivity contribution in [1.29, 1.82) is 0 Å². The third-order valence-corrected chi connectivity index (χ3v) is 4.06. The topological polar surface area (TPSA) is 25.8 Å². The van der Waals surface area contributed by atoms with Crippen LogP contribution in [0.4, 0.5) is 0 Å². The van der Waals surface area contributed by atoms with Gasteiger partial charge in [0.1, 0.15) is 0 Å². The van der Waals surface area contributed by atoms with E-state index in [-0.39, 0.29) is 0 Å². The second-order valence-electron chi connectivity index (χ2n) is 5.62. The van der Waals surface area contributed by atoms with Crippen LogP contribution in [0, 0.1) is 0 Å². The molecule has 0 aliphatic carbocycles. The van der Waals surface area contributed by atoms with E-state index in [1.165, 1.54) is 5.56 Å². The molecule has 114 valence electrons. The number of nitrogens with zero attached hydrogens (tertiary/aromatic N) is 2. The zero-order valence-electron chi connectivity index (χ0n) is 13.1. The van der Waals surface area contributed by atoms with Crippen LogP contribution in [0.25, 0.3) is 33.4 Å². The van der Waals surface area contributed by atoms with Gasteiger partial charge in [-0.3, -0.25) is 9.97 Å². The third-order valence-electron chi connectivity index (χ3n) is 4.06. The zero-order chi connectivity index (χ0) is 16.2. The van der Waals surface area contributed by atoms with E-state index in [2.05, 4.69) is 58.5 Å².